The van der Waals surface area contributed by atoms with Gasteiger partial charge in [0.1, 0.15) is 5.82 Å². The van der Waals surface area contributed by atoms with Gasteiger partial charge >= 0.3 is 5.97 Å². The summed E-state index contributed by atoms with van der Waals surface area (Å²) in [5.41, 5.74) is -0.0311. The van der Waals surface area contributed by atoms with Crippen molar-refractivity contribution in [3.8, 4) is 0 Å². The van der Waals surface area contributed by atoms with Gasteiger partial charge in [-0.1, -0.05) is 40.9 Å². The fraction of sp³-hybridized carbons (Fsp3) is 0.0714. The summed E-state index contributed by atoms with van der Waals surface area (Å²) < 4.78 is 17.8. The predicted molar refractivity (Wildman–Crippen MR) is 84.6 cm³/mol. The maximum Gasteiger partial charge on any atom is 0.359 e. The molecular formula is C14H8Cl3FN2O3. The van der Waals surface area contributed by atoms with Crippen LogP contribution in [-0.4, -0.2) is 23.5 Å². The highest BCUT2D eigenvalue weighted by Gasteiger charge is 2.19. The van der Waals surface area contributed by atoms with E-state index in [4.69, 9.17) is 39.5 Å². The zero-order valence-corrected chi connectivity index (χ0v) is 13.5. The Morgan fingerprint density at radius 1 is 1.22 bits per heavy atom. The fourth-order valence-corrected chi connectivity index (χ4v) is 2.11. The standard InChI is InChI=1S/C14H8Cl3FN2O3/c15-9-5-19-13(12(17)11(9)16)14(22)23-6-10(21)20-8-3-1-2-7(18)4-8/h1-5H,6H2,(H,20,21). The Kier molecular flexibility index (Phi) is 5.76. The number of anilines is 1. The van der Waals surface area contributed by atoms with Gasteiger partial charge in [0.2, 0.25) is 0 Å². The number of hydrogen-bond donors (Lipinski definition) is 1. The molecule has 0 saturated heterocycles. The van der Waals surface area contributed by atoms with Gasteiger partial charge in [0.25, 0.3) is 5.91 Å². The van der Waals surface area contributed by atoms with Gasteiger partial charge in [-0.05, 0) is 18.2 Å². The van der Waals surface area contributed by atoms with Crippen molar-refractivity contribution < 1.29 is 18.7 Å². The minimum absolute atomic E-state index is 0.0421. The zero-order chi connectivity index (χ0) is 17.0. The number of rotatable bonds is 4. The fourth-order valence-electron chi connectivity index (χ4n) is 1.55. The molecule has 0 saturated carbocycles. The highest BCUT2D eigenvalue weighted by atomic mass is 35.5. The molecule has 2 aromatic rings. The number of carbonyl (C=O) groups excluding carboxylic acids is 2. The number of ether oxygens (including phenoxy) is 1. The van der Waals surface area contributed by atoms with Gasteiger partial charge < -0.3 is 10.1 Å². The molecule has 2 rings (SSSR count). The highest BCUT2D eigenvalue weighted by Crippen LogP contribution is 2.31. The Morgan fingerprint density at radius 3 is 2.65 bits per heavy atom. The molecular weight excluding hydrogens is 370 g/mol. The number of carbonyl (C=O) groups is 2. The van der Waals surface area contributed by atoms with Crippen molar-refractivity contribution >= 4 is 52.4 Å². The number of nitrogens with one attached hydrogen (secondary N) is 1. The van der Waals surface area contributed by atoms with Crippen molar-refractivity contribution in [1.82, 2.24) is 4.98 Å². The molecule has 0 bridgehead atoms. The maximum absolute atomic E-state index is 13.0. The van der Waals surface area contributed by atoms with E-state index >= 15 is 0 Å². The van der Waals surface area contributed by atoms with Crippen molar-refractivity contribution in [2.24, 2.45) is 0 Å². The number of pyridine rings is 1. The molecule has 0 fully saturated rings. The molecule has 0 atom stereocenters. The van der Waals surface area contributed by atoms with Gasteiger partial charge in [-0.15, -0.1) is 0 Å². The first-order valence-corrected chi connectivity index (χ1v) is 7.24. The number of halogens is 4. The molecule has 0 aliphatic heterocycles. The third-order valence-corrected chi connectivity index (χ3v) is 3.79. The summed E-state index contributed by atoms with van der Waals surface area (Å²) in [6.07, 6.45) is 1.14. The Bertz CT molecular complexity index is 771. The SMILES string of the molecule is O=C(COC(=O)c1ncc(Cl)c(Cl)c1Cl)Nc1cccc(F)c1. The second-order valence-electron chi connectivity index (χ2n) is 4.22. The lowest BCUT2D eigenvalue weighted by Crippen LogP contribution is -2.21. The molecule has 5 nitrogen and oxygen atoms in total. The second kappa shape index (κ2) is 7.59. The highest BCUT2D eigenvalue weighted by molar-refractivity contribution is 6.48. The van der Waals surface area contributed by atoms with E-state index in [1.54, 1.807) is 0 Å². The van der Waals surface area contributed by atoms with Crippen LogP contribution < -0.4 is 5.32 Å². The van der Waals surface area contributed by atoms with Gasteiger partial charge in [0.05, 0.1) is 15.1 Å². The number of benzene rings is 1. The first-order valence-electron chi connectivity index (χ1n) is 6.10. The monoisotopic (exact) mass is 376 g/mol. The van der Waals surface area contributed by atoms with Crippen LogP contribution in [0.5, 0.6) is 0 Å². The number of esters is 1. The van der Waals surface area contributed by atoms with Crippen LogP contribution >= 0.6 is 34.8 Å². The van der Waals surface area contributed by atoms with E-state index in [0.717, 1.165) is 12.3 Å². The third kappa shape index (κ3) is 4.54. The Balaban J connectivity index is 1.96. The molecule has 0 unspecified atom stereocenters. The van der Waals surface area contributed by atoms with Crippen LogP contribution in [0.2, 0.25) is 15.1 Å². The molecule has 9 heteroatoms. The molecule has 1 aromatic heterocycles. The van der Waals surface area contributed by atoms with Crippen LogP contribution in [0.25, 0.3) is 0 Å². The summed E-state index contributed by atoms with van der Waals surface area (Å²) in [4.78, 5) is 27.2. The Hall–Kier alpha value is -1.89. The van der Waals surface area contributed by atoms with Gasteiger partial charge in [0, 0.05) is 11.9 Å². The van der Waals surface area contributed by atoms with Gasteiger partial charge in [-0.25, -0.2) is 14.2 Å². The normalized spacial score (nSPS) is 10.3. The van der Waals surface area contributed by atoms with Crippen molar-refractivity contribution in [2.45, 2.75) is 0 Å². The summed E-state index contributed by atoms with van der Waals surface area (Å²) in [5, 5.41) is 2.23. The summed E-state index contributed by atoms with van der Waals surface area (Å²) in [6, 6.07) is 5.27. The third-order valence-electron chi connectivity index (χ3n) is 2.55. The summed E-state index contributed by atoms with van der Waals surface area (Å²) >= 11 is 17.3. The molecule has 1 aromatic carbocycles. The quantitative estimate of drug-likeness (QED) is 0.819. The van der Waals surface area contributed by atoms with Gasteiger partial charge in [-0.3, -0.25) is 4.79 Å². The van der Waals surface area contributed by atoms with Crippen molar-refractivity contribution in [2.75, 3.05) is 11.9 Å². The first kappa shape index (κ1) is 17.5. The lowest BCUT2D eigenvalue weighted by atomic mass is 10.3. The maximum atomic E-state index is 13.0. The minimum Gasteiger partial charge on any atom is -0.451 e. The largest absolute Gasteiger partial charge is 0.451 e. The first-order chi connectivity index (χ1) is 10.9. The van der Waals surface area contributed by atoms with E-state index in [1.807, 2.05) is 0 Å². The smallest absolute Gasteiger partial charge is 0.359 e. The van der Waals surface area contributed by atoms with E-state index in [1.165, 1.54) is 18.2 Å². The van der Waals surface area contributed by atoms with Crippen LogP contribution in [0.3, 0.4) is 0 Å². The van der Waals surface area contributed by atoms with E-state index < -0.39 is 24.3 Å². The molecule has 0 aliphatic carbocycles. The van der Waals surface area contributed by atoms with E-state index in [-0.39, 0.29) is 26.4 Å². The van der Waals surface area contributed by atoms with Crippen LogP contribution in [0.1, 0.15) is 10.5 Å². The second-order valence-corrected chi connectivity index (χ2v) is 5.38. The number of aromatic nitrogens is 1. The molecule has 1 N–H and O–H groups in total. The summed E-state index contributed by atoms with van der Waals surface area (Å²) in [5.74, 6) is -2.10. The van der Waals surface area contributed by atoms with Crippen molar-refractivity contribution in [3.63, 3.8) is 0 Å². The topological polar surface area (TPSA) is 68.3 Å². The molecule has 23 heavy (non-hydrogen) atoms. The predicted octanol–water partition coefficient (Wildman–Crippen LogP) is 3.98. The lowest BCUT2D eigenvalue weighted by Gasteiger charge is -2.08. The average molecular weight is 378 g/mol. The summed E-state index contributed by atoms with van der Waals surface area (Å²) in [6.45, 7) is -0.604. The van der Waals surface area contributed by atoms with Crippen LogP contribution in [-0.2, 0) is 9.53 Å². The Morgan fingerprint density at radius 2 is 1.96 bits per heavy atom. The van der Waals surface area contributed by atoms with Gasteiger partial charge in [-0.2, -0.15) is 0 Å². The summed E-state index contributed by atoms with van der Waals surface area (Å²) in [7, 11) is 0. The molecule has 120 valence electrons. The van der Waals surface area contributed by atoms with Crippen molar-refractivity contribution in [1.29, 1.82) is 0 Å². The zero-order valence-electron chi connectivity index (χ0n) is 11.3. The average Bonchev–Trinajstić information content (AvgIpc) is 2.50. The molecule has 0 spiro atoms. The molecule has 1 heterocycles. The minimum atomic E-state index is -0.942. The lowest BCUT2D eigenvalue weighted by molar-refractivity contribution is -0.119. The van der Waals surface area contributed by atoms with Crippen LogP contribution in [0, 0.1) is 5.82 Å². The van der Waals surface area contributed by atoms with Crippen molar-refractivity contribution in [3.05, 3.63) is 57.0 Å². The van der Waals surface area contributed by atoms with E-state index in [0.29, 0.717) is 0 Å². The molecule has 1 amide bonds. The number of nitrogens with zero attached hydrogens (tertiary/aromatic N) is 1. The van der Waals surface area contributed by atoms with Crippen LogP contribution in [0.4, 0.5) is 10.1 Å². The molecule has 0 aliphatic rings. The number of hydrogen-bond acceptors (Lipinski definition) is 4. The Labute approximate surface area is 145 Å². The number of amides is 1. The van der Waals surface area contributed by atoms with E-state index in [2.05, 4.69) is 10.3 Å². The van der Waals surface area contributed by atoms with Gasteiger partial charge in [0.15, 0.2) is 12.3 Å². The van der Waals surface area contributed by atoms with Crippen LogP contribution in [0.15, 0.2) is 30.5 Å². The molecule has 0 radical (unpaired) electrons. The van der Waals surface area contributed by atoms with E-state index in [9.17, 15) is 14.0 Å².